The van der Waals surface area contributed by atoms with Crippen molar-refractivity contribution in [2.24, 2.45) is 0 Å². The van der Waals surface area contributed by atoms with E-state index in [-0.39, 0.29) is 11.8 Å². The van der Waals surface area contributed by atoms with Gasteiger partial charge in [0.1, 0.15) is 12.7 Å². The number of carbonyl (C=O) groups excluding carboxylic acids is 2. The highest BCUT2D eigenvalue weighted by molar-refractivity contribution is 8.76. The molecule has 0 fully saturated rings. The molecule has 2 rings (SSSR count). The summed E-state index contributed by atoms with van der Waals surface area (Å²) in [6, 6.07) is 0. The molecule has 0 aliphatic heterocycles. The van der Waals surface area contributed by atoms with E-state index >= 15 is 0 Å². The average molecular weight is 310 g/mol. The molecule has 6 nitrogen and oxygen atoms in total. The summed E-state index contributed by atoms with van der Waals surface area (Å²) in [7, 11) is 3.21. The van der Waals surface area contributed by atoms with Gasteiger partial charge in [0.2, 0.25) is 11.8 Å². The predicted octanol–water partition coefficient (Wildman–Crippen LogP) is 2.22. The third-order valence-electron chi connectivity index (χ3n) is 2.47. The summed E-state index contributed by atoms with van der Waals surface area (Å²) in [6.45, 7) is 0. The smallest absolute Gasteiger partial charge is 0.232 e. The highest BCUT2D eigenvalue weighted by Gasteiger charge is 2.05. The highest BCUT2D eigenvalue weighted by atomic mass is 33.1. The fourth-order valence-electron chi connectivity index (χ4n) is 1.45. The Morgan fingerprint density at radius 1 is 0.850 bits per heavy atom. The van der Waals surface area contributed by atoms with Gasteiger partial charge in [-0.2, -0.15) is 0 Å². The molecule has 2 heterocycles. The van der Waals surface area contributed by atoms with Crippen LogP contribution in [0.1, 0.15) is 22.4 Å². The quantitative estimate of drug-likeness (QED) is 0.577. The Morgan fingerprint density at radius 2 is 1.30 bits per heavy atom. The Kier molecular flexibility index (Phi) is 5.87. The number of imidazole rings is 2. The molecule has 8 heteroatoms. The number of aromatic nitrogens is 4. The van der Waals surface area contributed by atoms with Crippen molar-refractivity contribution in [1.29, 1.82) is 0 Å². The SMILES string of the molecule is O=C(CCSSCCC(=O)n1ccnc1)n1ccnc1. The fourth-order valence-corrected chi connectivity index (χ4v) is 3.41. The molecule has 0 aliphatic rings. The molecule has 0 amide bonds. The maximum atomic E-state index is 11.6. The van der Waals surface area contributed by atoms with Crippen LogP contribution in [0.25, 0.3) is 0 Å². The Balaban J connectivity index is 1.54. The van der Waals surface area contributed by atoms with Gasteiger partial charge in [-0.25, -0.2) is 9.97 Å². The molecular weight excluding hydrogens is 296 g/mol. The molecule has 106 valence electrons. The summed E-state index contributed by atoms with van der Waals surface area (Å²) < 4.78 is 2.96. The molecule has 0 radical (unpaired) electrons. The largest absolute Gasteiger partial charge is 0.276 e. The predicted molar refractivity (Wildman–Crippen MR) is 79.9 cm³/mol. The summed E-state index contributed by atoms with van der Waals surface area (Å²) in [4.78, 5) is 30.9. The topological polar surface area (TPSA) is 69.8 Å². The van der Waals surface area contributed by atoms with E-state index in [2.05, 4.69) is 9.97 Å². The third-order valence-corrected chi connectivity index (χ3v) is 4.87. The summed E-state index contributed by atoms with van der Waals surface area (Å²) in [6.07, 6.45) is 10.4. The molecule has 0 aromatic carbocycles. The van der Waals surface area contributed by atoms with Gasteiger partial charge < -0.3 is 0 Å². The van der Waals surface area contributed by atoms with E-state index in [4.69, 9.17) is 0 Å². The maximum absolute atomic E-state index is 11.6. The van der Waals surface area contributed by atoms with Crippen LogP contribution in [0.2, 0.25) is 0 Å². The molecule has 20 heavy (non-hydrogen) atoms. The first-order valence-electron chi connectivity index (χ1n) is 6.04. The molecule has 0 saturated carbocycles. The average Bonchev–Trinajstić information content (AvgIpc) is 3.14. The number of nitrogens with zero attached hydrogens (tertiary/aromatic N) is 4. The van der Waals surface area contributed by atoms with Crippen LogP contribution < -0.4 is 0 Å². The van der Waals surface area contributed by atoms with Crippen LogP contribution in [0.3, 0.4) is 0 Å². The first-order chi connectivity index (χ1) is 9.77. The van der Waals surface area contributed by atoms with Crippen LogP contribution in [0.15, 0.2) is 37.4 Å². The molecule has 2 aromatic heterocycles. The van der Waals surface area contributed by atoms with Gasteiger partial charge in [0.05, 0.1) is 0 Å². The first-order valence-corrected chi connectivity index (χ1v) is 8.53. The standard InChI is InChI=1S/C12H14N4O2S2/c17-11(15-5-3-13-9-15)1-7-19-20-8-2-12(18)16-6-4-14-10-16/h3-6,9-10H,1-2,7-8H2. The van der Waals surface area contributed by atoms with Crippen LogP contribution in [-0.2, 0) is 0 Å². The molecule has 0 saturated heterocycles. The Morgan fingerprint density at radius 3 is 1.65 bits per heavy atom. The molecule has 0 atom stereocenters. The summed E-state index contributed by atoms with van der Waals surface area (Å²) in [5.41, 5.74) is 0. The number of hydrogen-bond donors (Lipinski definition) is 0. The van der Waals surface area contributed by atoms with Crippen molar-refractivity contribution in [2.45, 2.75) is 12.8 Å². The van der Waals surface area contributed by atoms with Gasteiger partial charge in [0.25, 0.3) is 0 Å². The molecule has 0 unspecified atom stereocenters. The minimum absolute atomic E-state index is 0.0325. The monoisotopic (exact) mass is 310 g/mol. The number of rotatable bonds is 7. The third kappa shape index (κ3) is 4.53. The minimum Gasteiger partial charge on any atom is -0.276 e. The lowest BCUT2D eigenvalue weighted by Gasteiger charge is -2.02. The van der Waals surface area contributed by atoms with Crippen LogP contribution >= 0.6 is 21.6 Å². The Bertz CT molecular complexity index is 490. The van der Waals surface area contributed by atoms with Crippen molar-refractivity contribution >= 4 is 33.4 Å². The van der Waals surface area contributed by atoms with Crippen LogP contribution in [0.4, 0.5) is 0 Å². The second-order valence-corrected chi connectivity index (χ2v) is 6.57. The second kappa shape index (κ2) is 7.91. The Labute approximate surface area is 124 Å². The van der Waals surface area contributed by atoms with Crippen molar-refractivity contribution < 1.29 is 9.59 Å². The van der Waals surface area contributed by atoms with Gasteiger partial charge in [0.15, 0.2) is 0 Å². The lowest BCUT2D eigenvalue weighted by atomic mass is 10.4. The van der Waals surface area contributed by atoms with Crippen molar-refractivity contribution in [2.75, 3.05) is 11.5 Å². The Hall–Kier alpha value is -1.54. The van der Waals surface area contributed by atoms with Crippen LogP contribution in [0.5, 0.6) is 0 Å². The summed E-state index contributed by atoms with van der Waals surface area (Å²) in [5, 5.41) is 0. The summed E-state index contributed by atoms with van der Waals surface area (Å²) in [5.74, 6) is 1.51. The van der Waals surface area contributed by atoms with Crippen LogP contribution in [0, 0.1) is 0 Å². The van der Waals surface area contributed by atoms with Crippen molar-refractivity contribution in [1.82, 2.24) is 19.1 Å². The van der Waals surface area contributed by atoms with Gasteiger partial charge in [-0.05, 0) is 0 Å². The lowest BCUT2D eigenvalue weighted by molar-refractivity contribution is 0.0901. The van der Waals surface area contributed by atoms with Gasteiger partial charge >= 0.3 is 0 Å². The zero-order valence-corrected chi connectivity index (χ0v) is 12.3. The van der Waals surface area contributed by atoms with E-state index < -0.39 is 0 Å². The molecule has 0 bridgehead atoms. The van der Waals surface area contributed by atoms with E-state index in [1.54, 1.807) is 46.4 Å². The van der Waals surface area contributed by atoms with E-state index in [0.29, 0.717) is 12.8 Å². The molecule has 0 aliphatic carbocycles. The van der Waals surface area contributed by atoms with Gasteiger partial charge in [-0.15, -0.1) is 0 Å². The van der Waals surface area contributed by atoms with E-state index in [1.165, 1.54) is 21.8 Å². The minimum atomic E-state index is 0.0325. The zero-order chi connectivity index (χ0) is 14.2. The number of carbonyl (C=O) groups is 2. The van der Waals surface area contributed by atoms with Crippen molar-refractivity contribution in [3.63, 3.8) is 0 Å². The second-order valence-electron chi connectivity index (χ2n) is 3.87. The first kappa shape index (κ1) is 14.9. The number of hydrogen-bond acceptors (Lipinski definition) is 6. The maximum Gasteiger partial charge on any atom is 0.232 e. The van der Waals surface area contributed by atoms with Gasteiger partial charge in [-0.3, -0.25) is 18.7 Å². The van der Waals surface area contributed by atoms with E-state index in [9.17, 15) is 9.59 Å². The highest BCUT2D eigenvalue weighted by Crippen LogP contribution is 2.23. The molecule has 2 aromatic rings. The lowest BCUT2D eigenvalue weighted by Crippen LogP contribution is -2.09. The fraction of sp³-hybridized carbons (Fsp3) is 0.333. The van der Waals surface area contributed by atoms with E-state index in [1.807, 2.05) is 0 Å². The molecular formula is C12H14N4O2S2. The molecule has 0 spiro atoms. The van der Waals surface area contributed by atoms with Crippen molar-refractivity contribution in [3.8, 4) is 0 Å². The zero-order valence-electron chi connectivity index (χ0n) is 10.7. The van der Waals surface area contributed by atoms with Gasteiger partial charge in [0, 0.05) is 49.1 Å². The summed E-state index contributed by atoms with van der Waals surface area (Å²) >= 11 is 0. The van der Waals surface area contributed by atoms with Crippen molar-refractivity contribution in [3.05, 3.63) is 37.4 Å². The van der Waals surface area contributed by atoms with Gasteiger partial charge in [-0.1, -0.05) is 21.6 Å². The van der Waals surface area contributed by atoms with E-state index in [0.717, 1.165) is 11.5 Å². The van der Waals surface area contributed by atoms with Crippen LogP contribution in [-0.4, -0.2) is 42.4 Å². The molecule has 0 N–H and O–H groups in total. The normalized spacial score (nSPS) is 10.6.